The van der Waals surface area contributed by atoms with Gasteiger partial charge >= 0.3 is 0 Å². The number of carbonyl (C=O) groups is 3. The van der Waals surface area contributed by atoms with E-state index in [1.54, 1.807) is 42.2 Å². The average molecular weight is 511 g/mol. The van der Waals surface area contributed by atoms with Crippen LogP contribution in [0.3, 0.4) is 0 Å². The van der Waals surface area contributed by atoms with Gasteiger partial charge in [0.15, 0.2) is 0 Å². The van der Waals surface area contributed by atoms with Gasteiger partial charge in [-0.2, -0.15) is 0 Å². The van der Waals surface area contributed by atoms with Gasteiger partial charge in [0.1, 0.15) is 5.75 Å². The molecule has 0 radical (unpaired) electrons. The third-order valence-corrected chi connectivity index (χ3v) is 6.28. The summed E-state index contributed by atoms with van der Waals surface area (Å²) < 4.78 is 5.53. The van der Waals surface area contributed by atoms with Gasteiger partial charge in [0.2, 0.25) is 5.91 Å². The second-order valence-corrected chi connectivity index (χ2v) is 9.29. The molecule has 0 atom stereocenters. The Balaban J connectivity index is 1.79. The fourth-order valence-electron chi connectivity index (χ4n) is 4.19. The molecule has 37 heavy (non-hydrogen) atoms. The highest BCUT2D eigenvalue weighted by Crippen LogP contribution is 2.30. The molecule has 0 fully saturated rings. The van der Waals surface area contributed by atoms with Crippen molar-refractivity contribution < 1.29 is 19.1 Å². The summed E-state index contributed by atoms with van der Waals surface area (Å²) in [5.74, 6) is -0.228. The molecule has 10 nitrogen and oxygen atoms in total. The molecule has 0 saturated heterocycles. The Labute approximate surface area is 218 Å². The third kappa shape index (κ3) is 7.43. The van der Waals surface area contributed by atoms with Crippen molar-refractivity contribution in [2.45, 2.75) is 33.0 Å². The molecule has 1 aliphatic rings. The third-order valence-electron chi connectivity index (χ3n) is 6.28. The summed E-state index contributed by atoms with van der Waals surface area (Å²) in [6.07, 6.45) is 0. The monoisotopic (exact) mass is 510 g/mol. The molecule has 10 heteroatoms. The van der Waals surface area contributed by atoms with Gasteiger partial charge in [-0.25, -0.2) is 5.01 Å². The van der Waals surface area contributed by atoms with Crippen LogP contribution in [0.5, 0.6) is 5.75 Å². The number of hydrazine groups is 1. The number of nitrogens with one attached hydrogen (secondary N) is 3. The molecule has 1 aliphatic heterocycles. The molecule has 0 unspecified atom stereocenters. The van der Waals surface area contributed by atoms with Crippen LogP contribution in [0.15, 0.2) is 42.5 Å². The summed E-state index contributed by atoms with van der Waals surface area (Å²) in [5.41, 5.74) is 3.27. The van der Waals surface area contributed by atoms with Crippen LogP contribution in [0.25, 0.3) is 0 Å². The summed E-state index contributed by atoms with van der Waals surface area (Å²) in [7, 11) is 4.81. The molecule has 0 saturated carbocycles. The predicted molar refractivity (Wildman–Crippen MR) is 143 cm³/mol. The topological polar surface area (TPSA) is 106 Å². The Morgan fingerprint density at radius 2 is 1.70 bits per heavy atom. The second kappa shape index (κ2) is 13.1. The number of anilines is 1. The predicted octanol–water partition coefficient (Wildman–Crippen LogP) is 1.36. The minimum absolute atomic E-state index is 0.0744. The Hall–Kier alpha value is -3.63. The van der Waals surface area contributed by atoms with Gasteiger partial charge in [-0.1, -0.05) is 38.1 Å². The standard InChI is InChI=1S/C27H38N6O4/c1-19(2)29-12-13-30-25(34)17-32(23-14-20(27(36)28-3)10-11-24(23)37-5)18-26(35)31(4)33-15-21-8-6-7-9-22(21)16-33/h6-11,14,19,29H,12-13,15-18H2,1-5H3,(H,28,36)(H,30,34). The van der Waals surface area contributed by atoms with E-state index < -0.39 is 0 Å². The minimum atomic E-state index is -0.272. The van der Waals surface area contributed by atoms with Crippen LogP contribution in [0, 0.1) is 0 Å². The summed E-state index contributed by atoms with van der Waals surface area (Å²) in [6, 6.07) is 13.4. The molecule has 2 aromatic carbocycles. The molecule has 0 spiro atoms. The molecule has 3 rings (SSSR count). The van der Waals surface area contributed by atoms with E-state index in [2.05, 4.69) is 28.1 Å². The van der Waals surface area contributed by atoms with Crippen molar-refractivity contribution in [3.05, 3.63) is 59.2 Å². The summed E-state index contributed by atoms with van der Waals surface area (Å²) >= 11 is 0. The van der Waals surface area contributed by atoms with Crippen LogP contribution in [-0.4, -0.2) is 81.2 Å². The zero-order valence-corrected chi connectivity index (χ0v) is 22.3. The van der Waals surface area contributed by atoms with E-state index in [1.807, 2.05) is 31.0 Å². The molecular formula is C27H38N6O4. The molecule has 2 aromatic rings. The lowest BCUT2D eigenvalue weighted by Crippen LogP contribution is -2.48. The smallest absolute Gasteiger partial charge is 0.256 e. The van der Waals surface area contributed by atoms with Crippen LogP contribution >= 0.6 is 0 Å². The number of rotatable bonds is 12. The Kier molecular flexibility index (Phi) is 9.87. The van der Waals surface area contributed by atoms with E-state index in [0.717, 1.165) is 0 Å². The second-order valence-electron chi connectivity index (χ2n) is 9.29. The van der Waals surface area contributed by atoms with Crippen molar-refractivity contribution in [3.8, 4) is 5.75 Å². The van der Waals surface area contributed by atoms with Crippen LogP contribution in [0.1, 0.15) is 35.3 Å². The van der Waals surface area contributed by atoms with Gasteiger partial charge in [-0.15, -0.1) is 0 Å². The molecule has 0 bridgehead atoms. The average Bonchev–Trinajstić information content (AvgIpc) is 3.33. The number of hydrogen-bond donors (Lipinski definition) is 3. The first-order chi connectivity index (χ1) is 17.7. The Morgan fingerprint density at radius 3 is 2.30 bits per heavy atom. The molecule has 3 amide bonds. The van der Waals surface area contributed by atoms with Crippen LogP contribution in [-0.2, 0) is 22.7 Å². The number of hydrogen-bond acceptors (Lipinski definition) is 7. The van der Waals surface area contributed by atoms with Gasteiger partial charge in [-0.3, -0.25) is 19.4 Å². The van der Waals surface area contributed by atoms with E-state index in [-0.39, 0.29) is 30.8 Å². The fourth-order valence-corrected chi connectivity index (χ4v) is 4.19. The number of amides is 3. The lowest BCUT2D eigenvalue weighted by Gasteiger charge is -2.32. The van der Waals surface area contributed by atoms with Crippen molar-refractivity contribution in [2.75, 3.05) is 52.3 Å². The van der Waals surface area contributed by atoms with Crippen molar-refractivity contribution in [1.82, 2.24) is 26.0 Å². The van der Waals surface area contributed by atoms with Gasteiger partial charge < -0.3 is 25.6 Å². The largest absolute Gasteiger partial charge is 0.495 e. The highest BCUT2D eigenvalue weighted by molar-refractivity contribution is 5.96. The highest BCUT2D eigenvalue weighted by atomic mass is 16.5. The van der Waals surface area contributed by atoms with Gasteiger partial charge in [0.05, 0.1) is 25.9 Å². The maximum atomic E-state index is 13.4. The van der Waals surface area contributed by atoms with Crippen molar-refractivity contribution in [2.24, 2.45) is 0 Å². The number of likely N-dealkylation sites (N-methyl/N-ethyl adjacent to an activating group) is 1. The number of nitrogens with zero attached hydrogens (tertiary/aromatic N) is 3. The number of fused-ring (bicyclic) bond motifs is 1. The Bertz CT molecular complexity index is 1080. The van der Waals surface area contributed by atoms with Crippen molar-refractivity contribution in [3.63, 3.8) is 0 Å². The van der Waals surface area contributed by atoms with E-state index in [4.69, 9.17) is 4.74 Å². The van der Waals surface area contributed by atoms with Crippen molar-refractivity contribution >= 4 is 23.4 Å². The quantitative estimate of drug-likeness (QED) is 0.370. The molecule has 0 aromatic heterocycles. The maximum Gasteiger partial charge on any atom is 0.256 e. The summed E-state index contributed by atoms with van der Waals surface area (Å²) in [5, 5.41) is 12.3. The van der Waals surface area contributed by atoms with Gasteiger partial charge in [-0.05, 0) is 29.3 Å². The Morgan fingerprint density at radius 1 is 1.03 bits per heavy atom. The molecule has 200 valence electrons. The first-order valence-corrected chi connectivity index (χ1v) is 12.5. The number of carbonyl (C=O) groups excluding carboxylic acids is 3. The summed E-state index contributed by atoms with van der Waals surface area (Å²) in [4.78, 5) is 40.3. The number of ether oxygens (including phenoxy) is 1. The van der Waals surface area contributed by atoms with E-state index >= 15 is 0 Å². The van der Waals surface area contributed by atoms with E-state index in [9.17, 15) is 14.4 Å². The van der Waals surface area contributed by atoms with Gasteiger partial charge in [0, 0.05) is 51.9 Å². The zero-order chi connectivity index (χ0) is 26.9. The summed E-state index contributed by atoms with van der Waals surface area (Å²) in [6.45, 7) is 6.29. The van der Waals surface area contributed by atoms with Crippen LogP contribution in [0.4, 0.5) is 5.69 Å². The lowest BCUT2D eigenvalue weighted by atomic mass is 10.1. The van der Waals surface area contributed by atoms with Crippen LogP contribution in [0.2, 0.25) is 0 Å². The first-order valence-electron chi connectivity index (χ1n) is 12.5. The van der Waals surface area contributed by atoms with E-state index in [0.29, 0.717) is 49.2 Å². The van der Waals surface area contributed by atoms with Crippen LogP contribution < -0.4 is 25.6 Å². The zero-order valence-electron chi connectivity index (χ0n) is 22.3. The normalized spacial score (nSPS) is 12.7. The maximum absolute atomic E-state index is 13.4. The fraction of sp³-hybridized carbons (Fsp3) is 0.444. The van der Waals surface area contributed by atoms with Crippen molar-refractivity contribution in [1.29, 1.82) is 0 Å². The first kappa shape index (κ1) is 27.9. The highest BCUT2D eigenvalue weighted by Gasteiger charge is 2.27. The van der Waals surface area contributed by atoms with E-state index in [1.165, 1.54) is 18.2 Å². The minimum Gasteiger partial charge on any atom is -0.495 e. The molecular weight excluding hydrogens is 472 g/mol. The molecule has 0 aliphatic carbocycles. The number of benzene rings is 2. The number of methoxy groups -OCH3 is 1. The molecule has 1 heterocycles. The van der Waals surface area contributed by atoms with Gasteiger partial charge in [0.25, 0.3) is 11.8 Å². The lowest BCUT2D eigenvalue weighted by molar-refractivity contribution is -0.145. The molecule has 3 N–H and O–H groups in total. The SMILES string of the molecule is CNC(=O)c1ccc(OC)c(N(CC(=O)NCCNC(C)C)CC(=O)N(C)N2Cc3ccccc3C2)c1.